The number of hydrogen-bond acceptors (Lipinski definition) is 6. The fourth-order valence-electron chi connectivity index (χ4n) is 5.41. The molecule has 1 aliphatic heterocycles. The molecule has 3 aromatic rings. The van der Waals surface area contributed by atoms with E-state index in [4.69, 9.17) is 10.1 Å². The van der Waals surface area contributed by atoms with Crippen molar-refractivity contribution >= 4 is 23.4 Å². The lowest BCUT2D eigenvalue weighted by Gasteiger charge is -2.23. The van der Waals surface area contributed by atoms with Gasteiger partial charge in [0.25, 0.3) is 0 Å². The van der Waals surface area contributed by atoms with Gasteiger partial charge < -0.3 is 20.6 Å². The first-order valence-electron chi connectivity index (χ1n) is 13.5. The van der Waals surface area contributed by atoms with Crippen molar-refractivity contribution in [1.82, 2.24) is 24.6 Å². The zero-order chi connectivity index (χ0) is 25.8. The fraction of sp³-hybridized carbons (Fsp3) is 0.500. The topological polar surface area (TPSA) is 108 Å². The Morgan fingerprint density at radius 1 is 1.19 bits per heavy atom. The fourth-order valence-corrected chi connectivity index (χ4v) is 5.41. The molecule has 0 radical (unpaired) electrons. The maximum Gasteiger partial charge on any atom is 0.321 e. The lowest BCUT2D eigenvalue weighted by atomic mass is 9.95. The number of carbonyl (C=O) groups excluding carboxylic acids is 1. The Labute approximate surface area is 218 Å². The Bertz CT molecular complexity index is 1240. The van der Waals surface area contributed by atoms with Crippen LogP contribution in [0.4, 0.5) is 22.1 Å². The number of rotatable bonds is 7. The van der Waals surface area contributed by atoms with Crippen LogP contribution < -0.4 is 10.6 Å². The van der Waals surface area contributed by atoms with Crippen LogP contribution in [0.15, 0.2) is 36.8 Å². The van der Waals surface area contributed by atoms with E-state index < -0.39 is 0 Å². The summed E-state index contributed by atoms with van der Waals surface area (Å²) in [4.78, 5) is 24.6. The predicted octanol–water partition coefficient (Wildman–Crippen LogP) is 4.85. The lowest BCUT2D eigenvalue weighted by Crippen LogP contribution is -2.34. The van der Waals surface area contributed by atoms with Crippen molar-refractivity contribution in [2.75, 3.05) is 30.3 Å². The number of amides is 2. The number of likely N-dealkylation sites (tertiary alicyclic amines) is 1. The van der Waals surface area contributed by atoms with Crippen LogP contribution in [0.2, 0.25) is 0 Å². The molecule has 2 aromatic heterocycles. The molecule has 0 spiro atoms. The molecule has 1 aliphatic carbocycles. The predicted molar refractivity (Wildman–Crippen MR) is 145 cm³/mol. The minimum absolute atomic E-state index is 0.0225. The van der Waals surface area contributed by atoms with E-state index in [1.54, 1.807) is 23.3 Å². The van der Waals surface area contributed by atoms with Gasteiger partial charge in [-0.25, -0.2) is 14.8 Å². The zero-order valence-corrected chi connectivity index (χ0v) is 21.8. The normalized spacial score (nSPS) is 17.5. The maximum absolute atomic E-state index is 13.4. The standard InChI is InChI=1S/C28H37N7O2/c1-19(2)21-11-13-34(17-21)28(37)33-26-23-7-5-3-4-6-20(23)8-9-24(26)25-10-12-29-27(32-25)31-22-16-30-35(18-22)14-15-36/h8-10,12,16,18-19,21,36H,3-7,11,13-15,17H2,1-2H3,(H,33,37)(H,29,31,32). The van der Waals surface area contributed by atoms with Crippen molar-refractivity contribution < 1.29 is 9.90 Å². The first-order chi connectivity index (χ1) is 18.0. The second kappa shape index (κ2) is 11.3. The summed E-state index contributed by atoms with van der Waals surface area (Å²) in [6, 6.07) is 6.15. The summed E-state index contributed by atoms with van der Waals surface area (Å²) >= 11 is 0. The van der Waals surface area contributed by atoms with Crippen LogP contribution in [0.3, 0.4) is 0 Å². The number of benzene rings is 1. The Morgan fingerprint density at radius 3 is 2.86 bits per heavy atom. The molecule has 1 aromatic carbocycles. The average molecular weight is 504 g/mol. The summed E-state index contributed by atoms with van der Waals surface area (Å²) in [6.45, 7) is 6.52. The van der Waals surface area contributed by atoms with Crippen molar-refractivity contribution in [2.24, 2.45) is 11.8 Å². The van der Waals surface area contributed by atoms with Crippen molar-refractivity contribution in [3.8, 4) is 11.3 Å². The van der Waals surface area contributed by atoms with E-state index in [2.05, 4.69) is 46.7 Å². The van der Waals surface area contributed by atoms with E-state index in [9.17, 15) is 4.79 Å². The Hall–Kier alpha value is -3.46. The molecule has 37 heavy (non-hydrogen) atoms. The second-order valence-electron chi connectivity index (χ2n) is 10.5. The van der Waals surface area contributed by atoms with Crippen LogP contribution in [0.25, 0.3) is 11.3 Å². The van der Waals surface area contributed by atoms with Gasteiger partial charge in [-0.2, -0.15) is 5.10 Å². The molecular formula is C28H37N7O2. The highest BCUT2D eigenvalue weighted by atomic mass is 16.3. The van der Waals surface area contributed by atoms with Gasteiger partial charge in [0.15, 0.2) is 0 Å². The summed E-state index contributed by atoms with van der Waals surface area (Å²) in [5.41, 5.74) is 5.86. The number of aryl methyl sites for hydroxylation is 1. The smallest absolute Gasteiger partial charge is 0.321 e. The Morgan fingerprint density at radius 2 is 2.05 bits per heavy atom. The number of aromatic nitrogens is 4. The van der Waals surface area contributed by atoms with Gasteiger partial charge in [-0.05, 0) is 61.1 Å². The highest BCUT2D eigenvalue weighted by Gasteiger charge is 2.29. The third kappa shape index (κ3) is 5.77. The van der Waals surface area contributed by atoms with Crippen LogP contribution in [0, 0.1) is 11.8 Å². The van der Waals surface area contributed by atoms with Gasteiger partial charge in [0.2, 0.25) is 5.95 Å². The van der Waals surface area contributed by atoms with Crippen LogP contribution in [-0.4, -0.2) is 55.5 Å². The minimum Gasteiger partial charge on any atom is -0.394 e. The number of hydrogen-bond donors (Lipinski definition) is 3. The number of carbonyl (C=O) groups is 1. The number of anilines is 3. The molecule has 9 heteroatoms. The van der Waals surface area contributed by atoms with E-state index in [1.807, 2.05) is 11.0 Å². The molecule has 1 unspecified atom stereocenters. The van der Waals surface area contributed by atoms with E-state index >= 15 is 0 Å². The molecule has 196 valence electrons. The SMILES string of the molecule is CC(C)C1CCN(C(=O)Nc2c(-c3ccnc(Nc4cnn(CCO)c4)n3)ccc3c2CCCCC3)C1. The number of aliphatic hydroxyl groups is 1. The van der Waals surface area contributed by atoms with Gasteiger partial charge in [-0.15, -0.1) is 0 Å². The van der Waals surface area contributed by atoms with Crippen molar-refractivity contribution in [1.29, 1.82) is 0 Å². The van der Waals surface area contributed by atoms with E-state index in [-0.39, 0.29) is 12.6 Å². The van der Waals surface area contributed by atoms with Crippen LogP contribution in [0.1, 0.15) is 50.7 Å². The second-order valence-corrected chi connectivity index (χ2v) is 10.5. The number of fused-ring (bicyclic) bond motifs is 1. The Balaban J connectivity index is 1.45. The molecule has 0 bridgehead atoms. The molecule has 5 rings (SSSR count). The quantitative estimate of drug-likeness (QED) is 0.398. The van der Waals surface area contributed by atoms with Crippen molar-refractivity contribution in [3.63, 3.8) is 0 Å². The summed E-state index contributed by atoms with van der Waals surface area (Å²) in [5, 5.41) is 19.9. The van der Waals surface area contributed by atoms with Crippen LogP contribution >= 0.6 is 0 Å². The van der Waals surface area contributed by atoms with E-state index in [0.29, 0.717) is 24.3 Å². The summed E-state index contributed by atoms with van der Waals surface area (Å²) < 4.78 is 1.66. The molecule has 3 N–H and O–H groups in total. The highest BCUT2D eigenvalue weighted by molar-refractivity contribution is 5.96. The van der Waals surface area contributed by atoms with Gasteiger partial charge >= 0.3 is 6.03 Å². The number of nitrogens with zero attached hydrogens (tertiary/aromatic N) is 5. The van der Waals surface area contributed by atoms with E-state index in [0.717, 1.165) is 61.4 Å². The molecule has 0 saturated carbocycles. The first-order valence-corrected chi connectivity index (χ1v) is 13.5. The van der Waals surface area contributed by atoms with Gasteiger partial charge in [0.1, 0.15) is 0 Å². The number of urea groups is 1. The summed E-state index contributed by atoms with van der Waals surface area (Å²) in [7, 11) is 0. The summed E-state index contributed by atoms with van der Waals surface area (Å²) in [5.74, 6) is 1.58. The van der Waals surface area contributed by atoms with Crippen molar-refractivity contribution in [3.05, 3.63) is 47.9 Å². The number of nitrogens with one attached hydrogen (secondary N) is 2. The minimum atomic E-state index is -0.0225. The van der Waals surface area contributed by atoms with E-state index in [1.165, 1.54) is 24.0 Å². The molecule has 1 atom stereocenters. The third-order valence-electron chi connectivity index (χ3n) is 7.62. The maximum atomic E-state index is 13.4. The van der Waals surface area contributed by atoms with Gasteiger partial charge in [0, 0.05) is 31.0 Å². The zero-order valence-electron chi connectivity index (χ0n) is 21.8. The van der Waals surface area contributed by atoms with Gasteiger partial charge in [0.05, 0.1) is 36.4 Å². The molecule has 1 fully saturated rings. The van der Waals surface area contributed by atoms with Gasteiger partial charge in [-0.1, -0.05) is 32.4 Å². The monoisotopic (exact) mass is 503 g/mol. The van der Waals surface area contributed by atoms with Crippen molar-refractivity contribution in [2.45, 2.75) is 58.9 Å². The molecule has 1 saturated heterocycles. The summed E-state index contributed by atoms with van der Waals surface area (Å²) in [6.07, 6.45) is 11.8. The molecule has 2 amide bonds. The average Bonchev–Trinajstić information content (AvgIpc) is 3.49. The van der Waals surface area contributed by atoms with Crippen LogP contribution in [-0.2, 0) is 19.4 Å². The molecule has 9 nitrogen and oxygen atoms in total. The molecule has 2 aliphatic rings. The highest BCUT2D eigenvalue weighted by Crippen LogP contribution is 2.36. The van der Waals surface area contributed by atoms with Crippen LogP contribution in [0.5, 0.6) is 0 Å². The lowest BCUT2D eigenvalue weighted by molar-refractivity contribution is 0.219. The largest absolute Gasteiger partial charge is 0.394 e. The molecular weight excluding hydrogens is 466 g/mol. The first kappa shape index (κ1) is 25.2. The molecule has 3 heterocycles. The Kier molecular flexibility index (Phi) is 7.69. The van der Waals surface area contributed by atoms with Gasteiger partial charge in [-0.3, -0.25) is 4.68 Å². The third-order valence-corrected chi connectivity index (χ3v) is 7.62. The number of aliphatic hydroxyl groups excluding tert-OH is 1.